The van der Waals surface area contributed by atoms with Crippen LogP contribution in [0.3, 0.4) is 0 Å². The van der Waals surface area contributed by atoms with E-state index in [1.54, 1.807) is 13.8 Å². The number of nitrogens with one attached hydrogen (secondary N) is 2. The molecule has 2 aromatic heterocycles. The lowest BCUT2D eigenvalue weighted by atomic mass is 10.1. The Labute approximate surface area is 206 Å². The second-order valence-electron chi connectivity index (χ2n) is 10.3. The number of carbonyl (C=O) groups is 1. The van der Waals surface area contributed by atoms with Crippen molar-refractivity contribution in [2.45, 2.75) is 84.2 Å². The summed E-state index contributed by atoms with van der Waals surface area (Å²) in [5.74, 6) is -0.845. The van der Waals surface area contributed by atoms with Crippen molar-refractivity contribution in [2.24, 2.45) is 11.1 Å². The van der Waals surface area contributed by atoms with Crippen LogP contribution >= 0.6 is 0 Å². The number of fused-ring (bicyclic) bond motifs is 1. The van der Waals surface area contributed by atoms with E-state index in [9.17, 15) is 18.0 Å². The summed E-state index contributed by atoms with van der Waals surface area (Å²) in [7, 11) is -6.95. The van der Waals surface area contributed by atoms with Crippen molar-refractivity contribution >= 4 is 41.6 Å². The van der Waals surface area contributed by atoms with Crippen molar-refractivity contribution < 1.29 is 27.9 Å². The van der Waals surface area contributed by atoms with Gasteiger partial charge in [-0.1, -0.05) is 34.6 Å². The van der Waals surface area contributed by atoms with Gasteiger partial charge in [-0.25, -0.2) is 14.3 Å². The van der Waals surface area contributed by atoms with Crippen LogP contribution in [0, 0.1) is 5.92 Å². The Morgan fingerprint density at radius 3 is 2.57 bits per heavy atom. The van der Waals surface area contributed by atoms with Crippen molar-refractivity contribution in [1.82, 2.24) is 19.5 Å². The van der Waals surface area contributed by atoms with Gasteiger partial charge in [-0.3, -0.25) is 24.5 Å². The fourth-order valence-electron chi connectivity index (χ4n) is 3.28. The first-order valence-corrected chi connectivity index (χ1v) is 15.4. The zero-order valence-corrected chi connectivity index (χ0v) is 22.7. The van der Waals surface area contributed by atoms with Crippen molar-refractivity contribution in [3.05, 3.63) is 16.7 Å². The maximum Gasteiger partial charge on any atom is 0.333 e. The van der Waals surface area contributed by atoms with E-state index in [-0.39, 0.29) is 40.9 Å². The molecule has 4 N–H and O–H groups in total. The molecule has 3 rings (SSSR count). The predicted octanol–water partition coefficient (Wildman–Crippen LogP) is 1.61. The number of nitrogens with zero attached hydrogens (tertiary/aromatic N) is 3. The molecule has 35 heavy (non-hydrogen) atoms. The van der Waals surface area contributed by atoms with Crippen molar-refractivity contribution in [2.75, 3.05) is 5.32 Å². The normalized spacial score (nSPS) is 24.2. The summed E-state index contributed by atoms with van der Waals surface area (Å²) in [6.07, 6.45) is -3.05. The molecule has 13 nitrogen and oxygen atoms in total. The number of hydrogen-bond donors (Lipinski definition) is 3. The highest BCUT2D eigenvalue weighted by atomic mass is 32.2. The average molecular weight is 532 g/mol. The van der Waals surface area contributed by atoms with Gasteiger partial charge in [-0.2, -0.15) is 13.4 Å². The third-order valence-electron chi connectivity index (χ3n) is 6.24. The molecule has 1 saturated heterocycles. The lowest BCUT2D eigenvalue weighted by Crippen LogP contribution is -2.50. The highest BCUT2D eigenvalue weighted by Gasteiger charge is 2.51. The summed E-state index contributed by atoms with van der Waals surface area (Å²) in [6.45, 7) is 13.1. The molecule has 0 spiro atoms. The monoisotopic (exact) mass is 531 g/mol. The minimum absolute atomic E-state index is 0.0162. The number of carbonyl (C=O) groups excluding carboxylic acids is 1. The van der Waals surface area contributed by atoms with Crippen molar-refractivity contribution in [3.63, 3.8) is 0 Å². The first kappa shape index (κ1) is 25.9. The lowest BCUT2D eigenvalue weighted by Gasteiger charge is -2.40. The van der Waals surface area contributed by atoms with E-state index in [1.807, 2.05) is 33.9 Å². The van der Waals surface area contributed by atoms with Crippen molar-refractivity contribution in [1.29, 1.82) is 0 Å². The predicted molar refractivity (Wildman–Crippen MR) is 131 cm³/mol. The van der Waals surface area contributed by atoms with Crippen LogP contribution < -0.4 is 16.0 Å². The molecule has 3 heterocycles. The van der Waals surface area contributed by atoms with Gasteiger partial charge in [-0.05, 0) is 25.0 Å². The Hall–Kier alpha value is -2.17. The number of aromatic amines is 1. The quantitative estimate of drug-likeness (QED) is 0.447. The molecule has 1 aliphatic rings. The summed E-state index contributed by atoms with van der Waals surface area (Å²) in [5, 5.41) is 7.53. The van der Waals surface area contributed by atoms with Crippen LogP contribution in [0.25, 0.3) is 11.2 Å². The van der Waals surface area contributed by atoms with Gasteiger partial charge in [-0.15, -0.1) is 0 Å². The molecule has 1 aliphatic heterocycles. The Bertz CT molecular complexity index is 1290. The Kier molecular flexibility index (Phi) is 6.93. The number of anilines is 1. The molecule has 1 amide bonds. The lowest BCUT2D eigenvalue weighted by molar-refractivity contribution is -0.118. The fraction of sp³-hybridized carbons (Fsp3) is 0.700. The van der Waals surface area contributed by atoms with Gasteiger partial charge in [0.25, 0.3) is 5.56 Å². The molecule has 0 bridgehead atoms. The highest BCUT2D eigenvalue weighted by molar-refractivity contribution is 7.84. The molecule has 15 heteroatoms. The fourth-order valence-corrected chi connectivity index (χ4v) is 5.12. The van der Waals surface area contributed by atoms with E-state index in [2.05, 4.69) is 20.3 Å². The molecule has 1 fully saturated rings. The summed E-state index contributed by atoms with van der Waals surface area (Å²) in [4.78, 5) is 35.6. The van der Waals surface area contributed by atoms with Gasteiger partial charge in [0.15, 0.2) is 31.8 Å². The van der Waals surface area contributed by atoms with E-state index in [0.29, 0.717) is 0 Å². The first-order chi connectivity index (χ1) is 16.4. The number of nitrogens with two attached hydrogens (primary N) is 1. The van der Waals surface area contributed by atoms with Crippen LogP contribution in [0.15, 0.2) is 11.1 Å². The van der Waals surface area contributed by atoms with Crippen LogP contribution in [0.4, 0.5) is 5.95 Å². The Morgan fingerprint density at radius 2 is 2.03 bits per heavy atom. The van der Waals surface area contributed by atoms with Gasteiger partial charge in [0, 0.05) is 7.29 Å². The van der Waals surface area contributed by atoms with Gasteiger partial charge in [0.2, 0.25) is 11.9 Å². The number of H-pyrrole nitrogens is 1. The maximum absolute atomic E-state index is 12.6. The molecule has 0 aliphatic carbocycles. The number of ether oxygens (including phenoxy) is 1. The molecule has 0 aromatic carbocycles. The second kappa shape index (κ2) is 9.37. The number of rotatable bonds is 7. The number of hydrogen-bond acceptors (Lipinski definition) is 9. The standard InChI is InChI=1S/C20H34N6O7SSi/c1-10(2)16(27)24-19-23-15-12(17(28)25-19)22-9-26(15)18-14(32-34(21,29)30)13(11(3)31-18)33-35(7,8)20(4,5)6/h9-11,13-14,18H,1-8H3,(H2,21,29,30)(H2,23,24,25,27,28)/i3D. The summed E-state index contributed by atoms with van der Waals surface area (Å²) in [5.41, 5.74) is -0.667. The average Bonchev–Trinajstić information content (AvgIpc) is 3.27. The van der Waals surface area contributed by atoms with Crippen LogP contribution in [0.1, 0.15) is 49.1 Å². The molecule has 0 radical (unpaired) electrons. The largest absolute Gasteiger partial charge is 0.408 e. The topological polar surface area (TPSA) is 181 Å². The number of imidazole rings is 1. The molecule has 4 unspecified atom stereocenters. The zero-order chi connectivity index (χ0) is 27.2. The third-order valence-corrected chi connectivity index (χ3v) is 11.2. The maximum atomic E-state index is 12.6. The number of aromatic nitrogens is 4. The van der Waals surface area contributed by atoms with E-state index in [1.165, 1.54) is 10.9 Å². The van der Waals surface area contributed by atoms with Crippen LogP contribution in [-0.2, 0) is 28.4 Å². The van der Waals surface area contributed by atoms with Gasteiger partial charge in [0.1, 0.15) is 6.10 Å². The zero-order valence-electron chi connectivity index (χ0n) is 21.9. The first-order valence-electron chi connectivity index (χ1n) is 11.8. The van der Waals surface area contributed by atoms with E-state index >= 15 is 0 Å². The van der Waals surface area contributed by atoms with Gasteiger partial charge < -0.3 is 9.16 Å². The SMILES string of the molecule is [2H]CC1OC(n2cnc3c(=O)[nH]c(NC(=O)C(C)C)nc32)C(OS(N)(=O)=O)C1O[Si](C)(C)C(C)(C)C. The van der Waals surface area contributed by atoms with Crippen LogP contribution in [-0.4, -0.2) is 60.5 Å². The smallest absolute Gasteiger partial charge is 0.333 e. The van der Waals surface area contributed by atoms with Crippen molar-refractivity contribution in [3.8, 4) is 0 Å². The van der Waals surface area contributed by atoms with E-state index in [0.717, 1.165) is 0 Å². The minimum atomic E-state index is -4.47. The highest BCUT2D eigenvalue weighted by Crippen LogP contribution is 2.42. The summed E-state index contributed by atoms with van der Waals surface area (Å²) in [6, 6.07) is 0. The third kappa shape index (κ3) is 5.81. The summed E-state index contributed by atoms with van der Waals surface area (Å²) < 4.78 is 51.1. The molecule has 4 atom stereocenters. The number of amides is 1. The molecular formula is C20H34N6O7SSi. The van der Waals surface area contributed by atoms with Gasteiger partial charge >= 0.3 is 10.3 Å². The van der Waals surface area contributed by atoms with Gasteiger partial charge in [0.05, 0.1) is 12.4 Å². The molecule has 2 aromatic rings. The molecule has 196 valence electrons. The van der Waals surface area contributed by atoms with E-state index in [4.69, 9.17) is 19.9 Å². The molecule has 0 saturated carbocycles. The second-order valence-corrected chi connectivity index (χ2v) is 16.3. The van der Waals surface area contributed by atoms with Crippen LogP contribution in [0.5, 0.6) is 0 Å². The summed E-state index contributed by atoms with van der Waals surface area (Å²) >= 11 is 0. The Balaban J connectivity index is 2.11. The minimum Gasteiger partial charge on any atom is -0.408 e. The molecular weight excluding hydrogens is 496 g/mol. The van der Waals surface area contributed by atoms with E-state index < -0.39 is 48.7 Å². The van der Waals surface area contributed by atoms with Crippen LogP contribution in [0.2, 0.25) is 18.1 Å². The Morgan fingerprint density at radius 1 is 1.37 bits per heavy atom.